The van der Waals surface area contributed by atoms with E-state index in [4.69, 9.17) is 4.74 Å². The minimum atomic E-state index is -0.526. The summed E-state index contributed by atoms with van der Waals surface area (Å²) in [7, 11) is 1.32. The number of anilines is 1. The Balaban J connectivity index is 2.06. The molecule has 0 spiro atoms. The first-order chi connectivity index (χ1) is 10.1. The number of carbonyl (C=O) groups is 1. The van der Waals surface area contributed by atoms with Gasteiger partial charge in [-0.25, -0.2) is 14.8 Å². The number of nitrogens with zero attached hydrogens (tertiary/aromatic N) is 2. The number of ether oxygens (including phenoxy) is 2. The number of carbonyl (C=O) groups excluding carboxylic acids is 1. The number of esters is 1. The van der Waals surface area contributed by atoms with Gasteiger partial charge in [-0.1, -0.05) is 13.8 Å². The topological polar surface area (TPSA) is 73.3 Å². The van der Waals surface area contributed by atoms with E-state index < -0.39 is 5.97 Å². The van der Waals surface area contributed by atoms with Crippen LogP contribution in [0.1, 0.15) is 50.1 Å². The third-order valence-electron chi connectivity index (χ3n) is 4.16. The Bertz CT molecular complexity index is 489. The number of rotatable bonds is 5. The second-order valence-electron chi connectivity index (χ2n) is 5.33. The van der Waals surface area contributed by atoms with E-state index in [-0.39, 0.29) is 11.4 Å². The van der Waals surface area contributed by atoms with Gasteiger partial charge in [-0.3, -0.25) is 0 Å². The van der Waals surface area contributed by atoms with Gasteiger partial charge in [0.05, 0.1) is 12.7 Å². The second-order valence-corrected chi connectivity index (χ2v) is 5.33. The fourth-order valence-corrected chi connectivity index (χ4v) is 2.73. The molecule has 1 aliphatic heterocycles. The van der Waals surface area contributed by atoms with E-state index >= 15 is 0 Å². The van der Waals surface area contributed by atoms with Gasteiger partial charge in [0.1, 0.15) is 5.82 Å². The molecule has 1 unspecified atom stereocenters. The zero-order valence-electron chi connectivity index (χ0n) is 12.9. The van der Waals surface area contributed by atoms with Crippen LogP contribution in [0.2, 0.25) is 0 Å². The Labute approximate surface area is 125 Å². The highest BCUT2D eigenvalue weighted by Gasteiger charge is 2.34. The third kappa shape index (κ3) is 3.69. The Morgan fingerprint density at radius 1 is 1.52 bits per heavy atom. The van der Waals surface area contributed by atoms with Crippen molar-refractivity contribution >= 4 is 11.8 Å². The summed E-state index contributed by atoms with van der Waals surface area (Å²) >= 11 is 0. The van der Waals surface area contributed by atoms with Crippen molar-refractivity contribution in [1.82, 2.24) is 9.97 Å². The van der Waals surface area contributed by atoms with Gasteiger partial charge in [-0.05, 0) is 31.7 Å². The van der Waals surface area contributed by atoms with E-state index in [1.165, 1.54) is 7.11 Å². The molecule has 0 saturated carbocycles. The van der Waals surface area contributed by atoms with Gasteiger partial charge in [0.25, 0.3) is 0 Å². The van der Waals surface area contributed by atoms with E-state index in [0.29, 0.717) is 11.9 Å². The van der Waals surface area contributed by atoms with Crippen molar-refractivity contribution < 1.29 is 14.3 Å². The van der Waals surface area contributed by atoms with Crippen molar-refractivity contribution in [2.24, 2.45) is 0 Å². The molecule has 0 radical (unpaired) electrons. The van der Waals surface area contributed by atoms with Crippen LogP contribution < -0.4 is 5.32 Å². The highest BCUT2D eigenvalue weighted by atomic mass is 16.5. The monoisotopic (exact) mass is 293 g/mol. The molecule has 21 heavy (non-hydrogen) atoms. The first kappa shape index (κ1) is 15.7. The summed E-state index contributed by atoms with van der Waals surface area (Å²) in [6.07, 6.45) is 5.43. The number of methoxy groups -OCH3 is 1. The normalized spacial score (nSPS) is 20.8. The Morgan fingerprint density at radius 3 is 2.95 bits per heavy atom. The lowest BCUT2D eigenvalue weighted by molar-refractivity contribution is -0.0864. The van der Waals surface area contributed by atoms with Crippen molar-refractivity contribution in [3.8, 4) is 0 Å². The van der Waals surface area contributed by atoms with Crippen molar-refractivity contribution in [2.75, 3.05) is 19.0 Å². The Kier molecular flexibility index (Phi) is 5.12. The zero-order chi connectivity index (χ0) is 15.3. The van der Waals surface area contributed by atoms with Crippen LogP contribution in [-0.2, 0) is 9.47 Å². The second kappa shape index (κ2) is 6.85. The Morgan fingerprint density at radius 2 is 2.29 bits per heavy atom. The molecule has 2 heterocycles. The van der Waals surface area contributed by atoms with Crippen LogP contribution in [0, 0.1) is 0 Å². The predicted octanol–water partition coefficient (Wildman–Crippen LogP) is 2.41. The molecule has 0 aromatic carbocycles. The average Bonchev–Trinajstić information content (AvgIpc) is 2.54. The SMILES string of the molecule is CCC1(CC)CC(Nc2ccnc(C(=O)OC)n2)CCO1. The van der Waals surface area contributed by atoms with Gasteiger partial charge in [-0.15, -0.1) is 0 Å². The standard InChI is InChI=1S/C15H23N3O3/c1-4-15(5-2)10-11(7-9-21-15)17-12-6-8-16-13(18-12)14(19)20-3/h6,8,11H,4-5,7,9-10H2,1-3H3,(H,16,17,18). The van der Waals surface area contributed by atoms with E-state index in [2.05, 4.69) is 33.9 Å². The number of hydrogen-bond donors (Lipinski definition) is 1. The highest BCUT2D eigenvalue weighted by molar-refractivity contribution is 5.85. The molecule has 1 N–H and O–H groups in total. The lowest BCUT2D eigenvalue weighted by Gasteiger charge is -2.40. The smallest absolute Gasteiger partial charge is 0.376 e. The van der Waals surface area contributed by atoms with Crippen LogP contribution in [-0.4, -0.2) is 41.3 Å². The molecule has 1 aliphatic rings. The van der Waals surface area contributed by atoms with Gasteiger partial charge in [0.2, 0.25) is 5.82 Å². The quantitative estimate of drug-likeness (QED) is 0.840. The minimum absolute atomic E-state index is 0.0475. The van der Waals surface area contributed by atoms with Crippen LogP contribution in [0.4, 0.5) is 5.82 Å². The van der Waals surface area contributed by atoms with E-state index in [0.717, 1.165) is 32.3 Å². The van der Waals surface area contributed by atoms with Crippen molar-refractivity contribution in [3.05, 3.63) is 18.1 Å². The average molecular weight is 293 g/mol. The van der Waals surface area contributed by atoms with Crippen LogP contribution in [0.25, 0.3) is 0 Å². The predicted molar refractivity (Wildman–Crippen MR) is 79.3 cm³/mol. The van der Waals surface area contributed by atoms with Crippen molar-refractivity contribution in [2.45, 2.75) is 51.2 Å². The molecular formula is C15H23N3O3. The summed E-state index contributed by atoms with van der Waals surface area (Å²) in [5.74, 6) is 0.201. The summed E-state index contributed by atoms with van der Waals surface area (Å²) in [5.41, 5.74) is -0.0475. The first-order valence-corrected chi connectivity index (χ1v) is 7.44. The van der Waals surface area contributed by atoms with Gasteiger partial charge >= 0.3 is 5.97 Å². The maximum absolute atomic E-state index is 11.5. The van der Waals surface area contributed by atoms with Crippen LogP contribution in [0.3, 0.4) is 0 Å². The lowest BCUT2D eigenvalue weighted by Crippen LogP contribution is -2.43. The maximum atomic E-state index is 11.5. The molecule has 0 bridgehead atoms. The van der Waals surface area contributed by atoms with E-state index in [1.807, 2.05) is 0 Å². The molecule has 6 nitrogen and oxygen atoms in total. The molecule has 0 aliphatic carbocycles. The molecule has 1 atom stereocenters. The third-order valence-corrected chi connectivity index (χ3v) is 4.16. The molecule has 1 aromatic heterocycles. The van der Waals surface area contributed by atoms with E-state index in [9.17, 15) is 4.79 Å². The molecule has 2 rings (SSSR count). The molecule has 6 heteroatoms. The van der Waals surface area contributed by atoms with Gasteiger partial charge in [-0.2, -0.15) is 0 Å². The summed E-state index contributed by atoms with van der Waals surface area (Å²) in [6.45, 7) is 5.06. The fourth-order valence-electron chi connectivity index (χ4n) is 2.73. The molecular weight excluding hydrogens is 270 g/mol. The Hall–Kier alpha value is -1.69. The summed E-state index contributed by atoms with van der Waals surface area (Å²) in [5, 5.41) is 3.38. The molecule has 0 amide bonds. The van der Waals surface area contributed by atoms with Gasteiger partial charge in [0, 0.05) is 18.8 Å². The molecule has 1 aromatic rings. The largest absolute Gasteiger partial charge is 0.463 e. The number of aromatic nitrogens is 2. The van der Waals surface area contributed by atoms with Crippen molar-refractivity contribution in [1.29, 1.82) is 0 Å². The summed E-state index contributed by atoms with van der Waals surface area (Å²) in [4.78, 5) is 19.6. The minimum Gasteiger partial charge on any atom is -0.463 e. The van der Waals surface area contributed by atoms with Gasteiger partial charge in [0.15, 0.2) is 0 Å². The molecule has 116 valence electrons. The molecule has 1 fully saturated rings. The van der Waals surface area contributed by atoms with E-state index in [1.54, 1.807) is 12.3 Å². The zero-order valence-corrected chi connectivity index (χ0v) is 12.9. The van der Waals surface area contributed by atoms with Crippen LogP contribution in [0.15, 0.2) is 12.3 Å². The lowest BCUT2D eigenvalue weighted by atomic mass is 9.86. The maximum Gasteiger partial charge on any atom is 0.376 e. The highest BCUT2D eigenvalue weighted by Crippen LogP contribution is 2.32. The fraction of sp³-hybridized carbons (Fsp3) is 0.667. The first-order valence-electron chi connectivity index (χ1n) is 7.44. The van der Waals surface area contributed by atoms with Gasteiger partial charge < -0.3 is 14.8 Å². The van der Waals surface area contributed by atoms with Crippen LogP contribution >= 0.6 is 0 Å². The van der Waals surface area contributed by atoms with Crippen molar-refractivity contribution in [3.63, 3.8) is 0 Å². The summed E-state index contributed by atoms with van der Waals surface area (Å²) < 4.78 is 10.6. The molecule has 1 saturated heterocycles. The van der Waals surface area contributed by atoms with Crippen LogP contribution in [0.5, 0.6) is 0 Å². The number of hydrogen-bond acceptors (Lipinski definition) is 6. The number of nitrogens with one attached hydrogen (secondary N) is 1. The summed E-state index contributed by atoms with van der Waals surface area (Å²) in [6, 6.07) is 2.06.